The molecule has 0 bridgehead atoms. The SMILES string of the molecule is CC1CCN(C(=O)c2cc3ccccc3s2)C1CO. The third-order valence-corrected chi connectivity index (χ3v) is 5.07. The molecule has 2 aromatic rings. The summed E-state index contributed by atoms with van der Waals surface area (Å²) in [6.07, 6.45) is 0.974. The van der Waals surface area contributed by atoms with E-state index in [0.29, 0.717) is 5.92 Å². The van der Waals surface area contributed by atoms with Gasteiger partial charge in [-0.2, -0.15) is 0 Å². The first-order valence-corrected chi connectivity index (χ1v) is 7.43. The predicted octanol–water partition coefficient (Wildman–Crippen LogP) is 2.74. The Balaban J connectivity index is 1.91. The zero-order valence-electron chi connectivity index (χ0n) is 10.9. The van der Waals surface area contributed by atoms with E-state index in [-0.39, 0.29) is 18.6 Å². The van der Waals surface area contributed by atoms with Crippen LogP contribution in [0.2, 0.25) is 0 Å². The fourth-order valence-corrected chi connectivity index (χ4v) is 3.79. The van der Waals surface area contributed by atoms with E-state index in [1.54, 1.807) is 0 Å². The number of hydrogen-bond donors (Lipinski definition) is 1. The molecule has 4 heteroatoms. The summed E-state index contributed by atoms with van der Waals surface area (Å²) < 4.78 is 1.14. The molecular formula is C15H17NO2S. The number of carbonyl (C=O) groups is 1. The number of likely N-dealkylation sites (tertiary alicyclic amines) is 1. The molecule has 2 unspecified atom stereocenters. The van der Waals surface area contributed by atoms with Gasteiger partial charge in [-0.25, -0.2) is 0 Å². The smallest absolute Gasteiger partial charge is 0.264 e. The summed E-state index contributed by atoms with van der Waals surface area (Å²) >= 11 is 1.53. The standard InChI is InChI=1S/C15H17NO2S/c1-10-6-7-16(12(10)9-17)15(18)14-8-11-4-2-3-5-13(11)19-14/h2-5,8,10,12,17H,6-7,9H2,1H3. The fraction of sp³-hybridized carbons (Fsp3) is 0.400. The van der Waals surface area contributed by atoms with Crippen LogP contribution in [-0.4, -0.2) is 35.1 Å². The van der Waals surface area contributed by atoms with Gasteiger partial charge >= 0.3 is 0 Å². The number of aliphatic hydroxyl groups is 1. The van der Waals surface area contributed by atoms with Crippen molar-refractivity contribution in [2.45, 2.75) is 19.4 Å². The topological polar surface area (TPSA) is 40.5 Å². The van der Waals surface area contributed by atoms with Crippen molar-refractivity contribution in [3.63, 3.8) is 0 Å². The van der Waals surface area contributed by atoms with Gasteiger partial charge in [0, 0.05) is 11.2 Å². The van der Waals surface area contributed by atoms with Gasteiger partial charge in [0.2, 0.25) is 0 Å². The minimum Gasteiger partial charge on any atom is -0.394 e. The van der Waals surface area contributed by atoms with Gasteiger partial charge in [0.25, 0.3) is 5.91 Å². The van der Waals surface area contributed by atoms with Crippen LogP contribution in [0.25, 0.3) is 10.1 Å². The Morgan fingerprint density at radius 3 is 3.00 bits per heavy atom. The minimum atomic E-state index is -0.0299. The molecule has 1 amide bonds. The van der Waals surface area contributed by atoms with E-state index in [0.717, 1.165) is 27.9 Å². The summed E-state index contributed by atoms with van der Waals surface area (Å²) in [5.41, 5.74) is 0. The van der Waals surface area contributed by atoms with Gasteiger partial charge in [-0.05, 0) is 29.9 Å². The molecule has 19 heavy (non-hydrogen) atoms. The Hall–Kier alpha value is -1.39. The van der Waals surface area contributed by atoms with Crippen LogP contribution in [-0.2, 0) is 0 Å². The van der Waals surface area contributed by atoms with Crippen LogP contribution >= 0.6 is 11.3 Å². The van der Waals surface area contributed by atoms with Gasteiger partial charge in [-0.15, -0.1) is 11.3 Å². The lowest BCUT2D eigenvalue weighted by Gasteiger charge is -2.24. The van der Waals surface area contributed by atoms with Crippen LogP contribution in [0, 0.1) is 5.92 Å². The van der Waals surface area contributed by atoms with Crippen molar-refractivity contribution < 1.29 is 9.90 Å². The number of benzene rings is 1. The van der Waals surface area contributed by atoms with Crippen LogP contribution in [0.5, 0.6) is 0 Å². The maximum atomic E-state index is 12.6. The summed E-state index contributed by atoms with van der Waals surface area (Å²) in [5, 5.41) is 10.6. The summed E-state index contributed by atoms with van der Waals surface area (Å²) in [5.74, 6) is 0.438. The molecule has 1 fully saturated rings. The molecule has 3 rings (SSSR count). The van der Waals surface area contributed by atoms with Gasteiger partial charge in [0.15, 0.2) is 0 Å². The molecular weight excluding hydrogens is 258 g/mol. The first-order valence-electron chi connectivity index (χ1n) is 6.61. The van der Waals surface area contributed by atoms with E-state index >= 15 is 0 Å². The number of aliphatic hydroxyl groups excluding tert-OH is 1. The fourth-order valence-electron chi connectivity index (χ4n) is 2.77. The van der Waals surface area contributed by atoms with Crippen molar-refractivity contribution in [2.24, 2.45) is 5.92 Å². The third kappa shape index (κ3) is 2.15. The molecule has 0 aliphatic carbocycles. The highest BCUT2D eigenvalue weighted by Crippen LogP contribution is 2.30. The average molecular weight is 275 g/mol. The molecule has 1 aliphatic heterocycles. The Morgan fingerprint density at radius 2 is 2.26 bits per heavy atom. The van der Waals surface area contributed by atoms with E-state index in [1.165, 1.54) is 11.3 Å². The number of carbonyl (C=O) groups excluding carboxylic acids is 1. The van der Waals surface area contributed by atoms with Crippen molar-refractivity contribution in [3.05, 3.63) is 35.2 Å². The highest BCUT2D eigenvalue weighted by Gasteiger charge is 2.34. The minimum absolute atomic E-state index is 0.0299. The van der Waals surface area contributed by atoms with Gasteiger partial charge in [-0.3, -0.25) is 4.79 Å². The molecule has 2 atom stereocenters. The number of thiophene rings is 1. The highest BCUT2D eigenvalue weighted by molar-refractivity contribution is 7.20. The molecule has 2 heterocycles. The molecule has 1 aromatic carbocycles. The second-order valence-electron chi connectivity index (χ2n) is 5.16. The van der Waals surface area contributed by atoms with Crippen LogP contribution < -0.4 is 0 Å². The summed E-state index contributed by atoms with van der Waals surface area (Å²) in [6, 6.07) is 9.96. The normalized spacial score (nSPS) is 23.2. The van der Waals surface area contributed by atoms with Crippen molar-refractivity contribution >= 4 is 27.3 Å². The first kappa shape index (κ1) is 12.6. The lowest BCUT2D eigenvalue weighted by molar-refractivity contribution is 0.0653. The Bertz CT molecular complexity index is 574. The number of fused-ring (bicyclic) bond motifs is 1. The number of hydrogen-bond acceptors (Lipinski definition) is 3. The average Bonchev–Trinajstić information content (AvgIpc) is 3.00. The largest absolute Gasteiger partial charge is 0.394 e. The molecule has 3 nitrogen and oxygen atoms in total. The monoisotopic (exact) mass is 275 g/mol. The molecule has 1 aromatic heterocycles. The molecule has 1 N–H and O–H groups in total. The van der Waals surface area contributed by atoms with Crippen LogP contribution in [0.15, 0.2) is 30.3 Å². The quantitative estimate of drug-likeness (QED) is 0.915. The summed E-state index contributed by atoms with van der Waals surface area (Å²) in [4.78, 5) is 15.2. The van der Waals surface area contributed by atoms with Crippen molar-refractivity contribution in [1.29, 1.82) is 0 Å². The van der Waals surface area contributed by atoms with E-state index in [1.807, 2.05) is 35.2 Å². The maximum Gasteiger partial charge on any atom is 0.264 e. The van der Waals surface area contributed by atoms with E-state index in [9.17, 15) is 9.90 Å². The van der Waals surface area contributed by atoms with Gasteiger partial charge < -0.3 is 10.0 Å². The highest BCUT2D eigenvalue weighted by atomic mass is 32.1. The van der Waals surface area contributed by atoms with Crippen molar-refractivity contribution in [2.75, 3.05) is 13.2 Å². The molecule has 1 saturated heterocycles. The number of rotatable bonds is 2. The lowest BCUT2D eigenvalue weighted by atomic mass is 10.0. The predicted molar refractivity (Wildman–Crippen MR) is 77.5 cm³/mol. The summed E-state index contributed by atoms with van der Waals surface area (Å²) in [6.45, 7) is 2.90. The molecule has 0 saturated carbocycles. The number of amides is 1. The van der Waals surface area contributed by atoms with Crippen LogP contribution in [0.4, 0.5) is 0 Å². The van der Waals surface area contributed by atoms with Gasteiger partial charge in [0.05, 0.1) is 17.5 Å². The second kappa shape index (κ2) is 4.94. The lowest BCUT2D eigenvalue weighted by Crippen LogP contribution is -2.39. The first-order chi connectivity index (χ1) is 9.20. The van der Waals surface area contributed by atoms with E-state index in [2.05, 4.69) is 6.92 Å². The third-order valence-electron chi connectivity index (χ3n) is 3.97. The van der Waals surface area contributed by atoms with Crippen molar-refractivity contribution in [1.82, 2.24) is 4.90 Å². The zero-order valence-corrected chi connectivity index (χ0v) is 11.7. The molecule has 1 aliphatic rings. The Kier molecular flexibility index (Phi) is 3.29. The maximum absolute atomic E-state index is 12.6. The van der Waals surface area contributed by atoms with Gasteiger partial charge in [-0.1, -0.05) is 25.1 Å². The Morgan fingerprint density at radius 1 is 1.47 bits per heavy atom. The zero-order chi connectivity index (χ0) is 13.4. The van der Waals surface area contributed by atoms with Crippen LogP contribution in [0.3, 0.4) is 0 Å². The summed E-state index contributed by atoms with van der Waals surface area (Å²) in [7, 11) is 0. The molecule has 0 spiro atoms. The van der Waals surface area contributed by atoms with Crippen molar-refractivity contribution in [3.8, 4) is 0 Å². The van der Waals surface area contributed by atoms with E-state index < -0.39 is 0 Å². The molecule has 0 radical (unpaired) electrons. The van der Waals surface area contributed by atoms with Gasteiger partial charge in [0.1, 0.15) is 0 Å². The van der Waals surface area contributed by atoms with E-state index in [4.69, 9.17) is 0 Å². The second-order valence-corrected chi connectivity index (χ2v) is 6.25. The number of nitrogens with zero attached hydrogens (tertiary/aromatic N) is 1. The van der Waals surface area contributed by atoms with Crippen LogP contribution in [0.1, 0.15) is 23.0 Å². The molecule has 100 valence electrons. The Labute approximate surface area is 116 Å².